The molecule has 2 bridgehead atoms. The number of nitrogens with two attached hydrogens (primary N) is 1. The first-order valence-corrected chi connectivity index (χ1v) is 14.2. The van der Waals surface area contributed by atoms with Gasteiger partial charge in [0.2, 0.25) is 11.6 Å². The summed E-state index contributed by atoms with van der Waals surface area (Å²) < 4.78 is 16.6. The number of ketones is 2. The molecule has 0 radical (unpaired) electrons. The number of fused-ring (bicyclic) bond motifs is 2. The van der Waals surface area contributed by atoms with E-state index in [0.29, 0.717) is 18.5 Å². The predicted molar refractivity (Wildman–Crippen MR) is 158 cm³/mol. The van der Waals surface area contributed by atoms with Gasteiger partial charge in [0.15, 0.2) is 6.10 Å². The average molecular weight is 588 g/mol. The number of carbonyl (C=O) groups excluding carboxylic acids is 4. The van der Waals surface area contributed by atoms with E-state index in [1.807, 2.05) is 20.8 Å². The molecule has 1 aliphatic heterocycles. The van der Waals surface area contributed by atoms with Crippen LogP contribution in [0.2, 0.25) is 0 Å². The number of Topliss-reactive ketones (excluding diaryl/α,β-unsaturated/α-hetero) is 1. The summed E-state index contributed by atoms with van der Waals surface area (Å²) in [5.41, 5.74) is 6.59. The minimum absolute atomic E-state index is 0.106. The molecule has 2 amide bonds. The maximum Gasteiger partial charge on any atom is 0.405 e. The Morgan fingerprint density at radius 1 is 1.17 bits per heavy atom. The third-order valence-corrected chi connectivity index (χ3v) is 7.35. The zero-order valence-electron chi connectivity index (χ0n) is 25.6. The van der Waals surface area contributed by atoms with Crippen LogP contribution in [0.3, 0.4) is 0 Å². The van der Waals surface area contributed by atoms with Crippen molar-refractivity contribution in [3.05, 3.63) is 58.5 Å². The third kappa shape index (κ3) is 9.23. The van der Waals surface area contributed by atoms with E-state index in [2.05, 4.69) is 10.6 Å². The molecule has 11 heteroatoms. The first-order chi connectivity index (χ1) is 19.8. The van der Waals surface area contributed by atoms with E-state index in [1.54, 1.807) is 32.1 Å². The van der Waals surface area contributed by atoms with Gasteiger partial charge >= 0.3 is 6.09 Å². The van der Waals surface area contributed by atoms with Gasteiger partial charge in [-0.25, -0.2) is 4.79 Å². The normalized spacial score (nSPS) is 31.7. The highest BCUT2D eigenvalue weighted by molar-refractivity contribution is 6.23. The molecule has 2 unspecified atom stereocenters. The molecule has 6 atom stereocenters. The number of aliphatic hydroxyl groups excluding tert-OH is 1. The molecule has 0 aromatic carbocycles. The SMILES string of the molecule is CCCNC1=C2CC(C)CC(OC)[C@@H](O)[C@H](C)/C=C(\C)[C@@H](OC(N)=O)[C@H](OC)/C=C\C=C(/C)C(=O)NC(=CC1=O)C2=O. The van der Waals surface area contributed by atoms with Crippen molar-refractivity contribution in [2.24, 2.45) is 17.6 Å². The van der Waals surface area contributed by atoms with E-state index in [1.165, 1.54) is 20.3 Å². The minimum Gasteiger partial charge on any atom is -0.439 e. The summed E-state index contributed by atoms with van der Waals surface area (Å²) in [6.07, 6.45) is 4.69. The molecule has 11 nitrogen and oxygen atoms in total. The Kier molecular flexibility index (Phi) is 13.4. The largest absolute Gasteiger partial charge is 0.439 e. The van der Waals surface area contributed by atoms with E-state index in [4.69, 9.17) is 19.9 Å². The number of hydrogen-bond donors (Lipinski definition) is 4. The fourth-order valence-corrected chi connectivity index (χ4v) is 5.03. The summed E-state index contributed by atoms with van der Waals surface area (Å²) in [7, 11) is 2.94. The smallest absolute Gasteiger partial charge is 0.405 e. The Balaban J connectivity index is 2.61. The summed E-state index contributed by atoms with van der Waals surface area (Å²) in [4.78, 5) is 51.4. The Labute approximate surface area is 247 Å². The Morgan fingerprint density at radius 3 is 2.45 bits per heavy atom. The van der Waals surface area contributed by atoms with Crippen LogP contribution >= 0.6 is 0 Å². The molecule has 0 fully saturated rings. The van der Waals surface area contributed by atoms with Crippen LogP contribution in [0.25, 0.3) is 0 Å². The molecule has 0 aromatic rings. The van der Waals surface area contributed by atoms with Crippen molar-refractivity contribution in [1.82, 2.24) is 10.6 Å². The highest BCUT2D eigenvalue weighted by atomic mass is 16.6. The van der Waals surface area contributed by atoms with Gasteiger partial charge in [0.1, 0.15) is 6.10 Å². The Morgan fingerprint density at radius 2 is 1.86 bits per heavy atom. The van der Waals surface area contributed by atoms with E-state index >= 15 is 0 Å². The van der Waals surface area contributed by atoms with Crippen LogP contribution < -0.4 is 16.4 Å². The molecule has 2 aliphatic rings. The van der Waals surface area contributed by atoms with Crippen LogP contribution in [0.15, 0.2) is 58.5 Å². The summed E-state index contributed by atoms with van der Waals surface area (Å²) in [5, 5.41) is 16.9. The zero-order valence-corrected chi connectivity index (χ0v) is 25.6. The number of amides is 2. The van der Waals surface area contributed by atoms with Crippen molar-refractivity contribution in [2.45, 2.75) is 78.3 Å². The molecule has 0 aromatic heterocycles. The van der Waals surface area contributed by atoms with Crippen molar-refractivity contribution in [3.8, 4) is 0 Å². The van der Waals surface area contributed by atoms with Gasteiger partial charge in [-0.1, -0.05) is 45.1 Å². The minimum atomic E-state index is -0.995. The van der Waals surface area contributed by atoms with Gasteiger partial charge in [0, 0.05) is 43.9 Å². The van der Waals surface area contributed by atoms with Crippen LogP contribution in [0.5, 0.6) is 0 Å². The van der Waals surface area contributed by atoms with E-state index in [9.17, 15) is 24.3 Å². The number of allylic oxidation sites excluding steroid dienone is 4. The maximum atomic E-state index is 13.6. The van der Waals surface area contributed by atoms with Gasteiger partial charge in [0.25, 0.3) is 5.91 Å². The van der Waals surface area contributed by atoms with Crippen molar-refractivity contribution in [3.63, 3.8) is 0 Å². The van der Waals surface area contributed by atoms with Crippen LogP contribution in [-0.2, 0) is 28.6 Å². The van der Waals surface area contributed by atoms with Gasteiger partial charge in [-0.3, -0.25) is 14.4 Å². The monoisotopic (exact) mass is 587 g/mol. The van der Waals surface area contributed by atoms with Crippen molar-refractivity contribution in [2.75, 3.05) is 20.8 Å². The van der Waals surface area contributed by atoms with Gasteiger partial charge in [-0.05, 0) is 44.6 Å². The molecule has 0 spiro atoms. The summed E-state index contributed by atoms with van der Waals surface area (Å²) in [5.74, 6) is -2.01. The second kappa shape index (κ2) is 16.2. The van der Waals surface area contributed by atoms with Crippen molar-refractivity contribution >= 4 is 23.6 Å². The molecular weight excluding hydrogens is 542 g/mol. The summed E-state index contributed by atoms with van der Waals surface area (Å²) in [6, 6.07) is 0. The zero-order chi connectivity index (χ0) is 31.6. The molecule has 42 heavy (non-hydrogen) atoms. The molecule has 232 valence electrons. The van der Waals surface area contributed by atoms with Gasteiger partial charge < -0.3 is 35.7 Å². The van der Waals surface area contributed by atoms with Gasteiger partial charge in [-0.15, -0.1) is 0 Å². The lowest BCUT2D eigenvalue weighted by Crippen LogP contribution is -2.38. The van der Waals surface area contributed by atoms with Gasteiger partial charge in [-0.2, -0.15) is 0 Å². The molecule has 0 saturated carbocycles. The average Bonchev–Trinajstić information content (AvgIpc) is 2.94. The second-order valence-electron chi connectivity index (χ2n) is 10.9. The predicted octanol–water partition coefficient (Wildman–Crippen LogP) is 2.76. The van der Waals surface area contributed by atoms with E-state index < -0.39 is 53.9 Å². The van der Waals surface area contributed by atoms with Crippen LogP contribution in [-0.4, -0.2) is 73.9 Å². The number of ether oxygens (including phenoxy) is 3. The van der Waals surface area contributed by atoms with Gasteiger partial charge in [0.05, 0.1) is 23.6 Å². The second-order valence-corrected chi connectivity index (χ2v) is 10.9. The molecule has 2 rings (SSSR count). The maximum absolute atomic E-state index is 13.6. The number of primary amides is 1. The summed E-state index contributed by atoms with van der Waals surface area (Å²) in [6.45, 7) is 9.47. The third-order valence-electron chi connectivity index (χ3n) is 7.35. The molecule has 1 aliphatic carbocycles. The first-order valence-electron chi connectivity index (χ1n) is 14.2. The first kappa shape index (κ1) is 34.7. The fraction of sp³-hybridized carbons (Fsp3) is 0.548. The quantitative estimate of drug-likeness (QED) is 0.270. The lowest BCUT2D eigenvalue weighted by Gasteiger charge is -2.30. The number of methoxy groups -OCH3 is 2. The Hall–Kier alpha value is -3.54. The summed E-state index contributed by atoms with van der Waals surface area (Å²) >= 11 is 0. The topological polar surface area (TPSA) is 166 Å². The number of nitrogens with one attached hydrogen (secondary N) is 2. The fourth-order valence-electron chi connectivity index (χ4n) is 5.03. The number of aliphatic hydroxyl groups is 1. The van der Waals surface area contributed by atoms with Crippen molar-refractivity contribution in [1.29, 1.82) is 0 Å². The molecule has 5 N–H and O–H groups in total. The highest BCUT2D eigenvalue weighted by Crippen LogP contribution is 2.28. The van der Waals surface area contributed by atoms with Crippen LogP contribution in [0.4, 0.5) is 4.79 Å². The number of rotatable bonds is 6. The number of hydrogen-bond acceptors (Lipinski definition) is 9. The van der Waals surface area contributed by atoms with E-state index in [0.717, 1.165) is 12.5 Å². The standard InChI is InChI=1S/C31H45N3O8/c1-8-12-33-26-21-13-17(2)14-25(41-7)27(36)19(4)15-20(5)29(42-31(32)39)24(40-6)11-9-10-18(3)30(38)34-22(28(21)37)16-23(26)35/h9-11,15-17,19,24-25,27,29,33,36H,8,12-14H2,1-7H3,(H2,32,39)(H,34,38)/b11-9-,18-10+,20-15+/t17?,19-,24-,25?,27+,29-/m1/s1. The molecule has 0 saturated heterocycles. The lowest BCUT2D eigenvalue weighted by atomic mass is 9.85. The number of carbonyl (C=O) groups is 4. The van der Waals surface area contributed by atoms with Crippen LogP contribution in [0.1, 0.15) is 53.9 Å². The molecular formula is C31H45N3O8. The molecule has 1 heterocycles. The van der Waals surface area contributed by atoms with E-state index in [-0.39, 0.29) is 34.9 Å². The van der Waals surface area contributed by atoms with Crippen molar-refractivity contribution < 1.29 is 38.5 Å². The Bertz CT molecular complexity index is 1180. The highest BCUT2D eigenvalue weighted by Gasteiger charge is 2.33. The lowest BCUT2D eigenvalue weighted by molar-refractivity contribution is -0.120. The van der Waals surface area contributed by atoms with Crippen LogP contribution in [0, 0.1) is 11.8 Å².